The standard InChI is InChI=1S/C19H22ClFN4O/c1-14-4-3-7-22-18(14)13-24-8-10-25(11-9-24)19(26)23-12-15-16(20)5-2-6-17(15)21/h2-7H,8-13H2,1H3,(H,23,26). The molecule has 0 unspecified atom stereocenters. The van der Waals surface area contributed by atoms with E-state index in [1.165, 1.54) is 11.6 Å². The molecule has 2 heterocycles. The first-order valence-electron chi connectivity index (χ1n) is 8.63. The highest BCUT2D eigenvalue weighted by Gasteiger charge is 2.22. The molecule has 26 heavy (non-hydrogen) atoms. The van der Waals surface area contributed by atoms with Crippen LogP contribution in [0.5, 0.6) is 0 Å². The van der Waals surface area contributed by atoms with Crippen molar-refractivity contribution in [2.24, 2.45) is 0 Å². The van der Waals surface area contributed by atoms with E-state index < -0.39 is 5.82 Å². The fourth-order valence-corrected chi connectivity index (χ4v) is 3.21. The third-order valence-electron chi connectivity index (χ3n) is 4.63. The van der Waals surface area contributed by atoms with Crippen molar-refractivity contribution in [2.75, 3.05) is 26.2 Å². The van der Waals surface area contributed by atoms with Crippen LogP contribution < -0.4 is 5.32 Å². The fraction of sp³-hybridized carbons (Fsp3) is 0.368. The van der Waals surface area contributed by atoms with Crippen LogP contribution in [-0.4, -0.2) is 47.0 Å². The van der Waals surface area contributed by atoms with Crippen LogP contribution in [-0.2, 0) is 13.1 Å². The minimum absolute atomic E-state index is 0.0810. The van der Waals surface area contributed by atoms with Gasteiger partial charge in [0.1, 0.15) is 5.82 Å². The molecule has 0 bridgehead atoms. The number of benzene rings is 1. The minimum Gasteiger partial charge on any atom is -0.334 e. The minimum atomic E-state index is -0.409. The second kappa shape index (κ2) is 8.47. The lowest BCUT2D eigenvalue weighted by atomic mass is 10.2. The lowest BCUT2D eigenvalue weighted by Crippen LogP contribution is -2.51. The van der Waals surface area contributed by atoms with Crippen LogP contribution in [0.1, 0.15) is 16.8 Å². The van der Waals surface area contributed by atoms with E-state index in [2.05, 4.69) is 28.2 Å². The van der Waals surface area contributed by atoms with Crippen LogP contribution in [0.2, 0.25) is 5.02 Å². The predicted octanol–water partition coefficient (Wildman–Crippen LogP) is 3.21. The average molecular weight is 377 g/mol. The maximum absolute atomic E-state index is 13.8. The van der Waals surface area contributed by atoms with E-state index in [1.54, 1.807) is 23.2 Å². The molecule has 0 radical (unpaired) electrons. The van der Waals surface area contributed by atoms with Gasteiger partial charge < -0.3 is 10.2 Å². The van der Waals surface area contributed by atoms with Crippen molar-refractivity contribution in [3.05, 3.63) is 64.2 Å². The molecule has 2 amide bonds. The lowest BCUT2D eigenvalue weighted by Gasteiger charge is -2.34. The largest absolute Gasteiger partial charge is 0.334 e. The quantitative estimate of drug-likeness (QED) is 0.891. The summed E-state index contributed by atoms with van der Waals surface area (Å²) in [7, 11) is 0. The zero-order chi connectivity index (χ0) is 18.5. The number of aryl methyl sites for hydroxylation is 1. The molecule has 0 saturated carbocycles. The van der Waals surface area contributed by atoms with Crippen molar-refractivity contribution in [1.82, 2.24) is 20.1 Å². The second-order valence-corrected chi connectivity index (χ2v) is 6.80. The van der Waals surface area contributed by atoms with Crippen molar-refractivity contribution >= 4 is 17.6 Å². The van der Waals surface area contributed by atoms with Crippen LogP contribution in [0.15, 0.2) is 36.5 Å². The van der Waals surface area contributed by atoms with Crippen molar-refractivity contribution in [3.8, 4) is 0 Å². The number of piperazine rings is 1. The Hall–Kier alpha value is -2.18. The van der Waals surface area contributed by atoms with Crippen molar-refractivity contribution in [3.63, 3.8) is 0 Å². The van der Waals surface area contributed by atoms with E-state index in [9.17, 15) is 9.18 Å². The molecule has 138 valence electrons. The molecule has 1 aromatic heterocycles. The highest BCUT2D eigenvalue weighted by atomic mass is 35.5. The summed E-state index contributed by atoms with van der Waals surface area (Å²) in [6.07, 6.45) is 1.81. The number of rotatable bonds is 4. The highest BCUT2D eigenvalue weighted by molar-refractivity contribution is 6.31. The Morgan fingerprint density at radius 3 is 2.69 bits per heavy atom. The molecular weight excluding hydrogens is 355 g/mol. The number of pyridine rings is 1. The second-order valence-electron chi connectivity index (χ2n) is 6.39. The molecule has 0 aliphatic carbocycles. The molecule has 1 aliphatic heterocycles. The van der Waals surface area contributed by atoms with Gasteiger partial charge in [-0.15, -0.1) is 0 Å². The third kappa shape index (κ3) is 4.51. The van der Waals surface area contributed by atoms with E-state index in [4.69, 9.17) is 11.6 Å². The molecular formula is C19H22ClFN4O. The normalized spacial score (nSPS) is 15.1. The molecule has 0 spiro atoms. The van der Waals surface area contributed by atoms with Gasteiger partial charge in [0.05, 0.1) is 5.69 Å². The average Bonchev–Trinajstić information content (AvgIpc) is 2.64. The van der Waals surface area contributed by atoms with Crippen LogP contribution in [0.4, 0.5) is 9.18 Å². The maximum Gasteiger partial charge on any atom is 0.317 e. The highest BCUT2D eigenvalue weighted by Crippen LogP contribution is 2.18. The van der Waals surface area contributed by atoms with Crippen LogP contribution in [0, 0.1) is 12.7 Å². The first kappa shape index (κ1) is 18.6. The SMILES string of the molecule is Cc1cccnc1CN1CCN(C(=O)NCc2c(F)cccc2Cl)CC1. The summed E-state index contributed by atoms with van der Waals surface area (Å²) in [6, 6.07) is 8.29. The number of carbonyl (C=O) groups excluding carboxylic acids is 1. The lowest BCUT2D eigenvalue weighted by molar-refractivity contribution is 0.134. The summed E-state index contributed by atoms with van der Waals surface area (Å²) in [6.45, 7) is 5.74. The van der Waals surface area contributed by atoms with E-state index in [1.807, 2.05) is 6.07 Å². The van der Waals surface area contributed by atoms with Gasteiger partial charge in [-0.25, -0.2) is 9.18 Å². The Balaban J connectivity index is 1.48. The number of nitrogens with zero attached hydrogens (tertiary/aromatic N) is 3. The molecule has 1 aliphatic rings. The Labute approximate surface area is 157 Å². The number of hydrogen-bond donors (Lipinski definition) is 1. The molecule has 7 heteroatoms. The van der Waals surface area contributed by atoms with Gasteiger partial charge in [0, 0.05) is 56.1 Å². The fourth-order valence-electron chi connectivity index (χ4n) is 2.98. The molecule has 1 fully saturated rings. The monoisotopic (exact) mass is 376 g/mol. The Morgan fingerprint density at radius 2 is 2.00 bits per heavy atom. The molecule has 1 saturated heterocycles. The number of aromatic nitrogens is 1. The summed E-state index contributed by atoms with van der Waals surface area (Å²) in [5.74, 6) is -0.409. The summed E-state index contributed by atoms with van der Waals surface area (Å²) in [5, 5.41) is 3.08. The van der Waals surface area contributed by atoms with Crippen LogP contribution >= 0.6 is 11.6 Å². The van der Waals surface area contributed by atoms with Gasteiger partial charge in [0.15, 0.2) is 0 Å². The van der Waals surface area contributed by atoms with Gasteiger partial charge in [-0.3, -0.25) is 9.88 Å². The van der Waals surface area contributed by atoms with Crippen molar-refractivity contribution in [1.29, 1.82) is 0 Å². The maximum atomic E-state index is 13.8. The number of nitrogens with one attached hydrogen (secondary N) is 1. The van der Waals surface area contributed by atoms with Gasteiger partial charge in [0.25, 0.3) is 0 Å². The summed E-state index contributed by atoms with van der Waals surface area (Å²) in [5.41, 5.74) is 2.56. The smallest absolute Gasteiger partial charge is 0.317 e. The molecule has 3 rings (SSSR count). The number of carbonyl (C=O) groups is 1. The summed E-state index contributed by atoms with van der Waals surface area (Å²) >= 11 is 5.99. The summed E-state index contributed by atoms with van der Waals surface area (Å²) in [4.78, 5) is 20.8. The third-order valence-corrected chi connectivity index (χ3v) is 4.98. The Kier molecular flexibility index (Phi) is 6.06. The molecule has 0 atom stereocenters. The van der Waals surface area contributed by atoms with Gasteiger partial charge in [-0.2, -0.15) is 0 Å². The molecule has 5 nitrogen and oxygen atoms in total. The number of hydrogen-bond acceptors (Lipinski definition) is 3. The van der Waals surface area contributed by atoms with Gasteiger partial charge in [-0.05, 0) is 30.7 Å². The first-order chi connectivity index (χ1) is 12.5. The van der Waals surface area contributed by atoms with Gasteiger partial charge in [-0.1, -0.05) is 23.7 Å². The van der Waals surface area contributed by atoms with E-state index in [-0.39, 0.29) is 12.6 Å². The van der Waals surface area contributed by atoms with Gasteiger partial charge in [0.2, 0.25) is 0 Å². The topological polar surface area (TPSA) is 48.5 Å². The molecule has 1 aromatic carbocycles. The molecule has 1 N–H and O–H groups in total. The summed E-state index contributed by atoms with van der Waals surface area (Å²) < 4.78 is 13.8. The van der Waals surface area contributed by atoms with E-state index >= 15 is 0 Å². The van der Waals surface area contributed by atoms with Crippen molar-refractivity contribution in [2.45, 2.75) is 20.0 Å². The Bertz CT molecular complexity index is 758. The Morgan fingerprint density at radius 1 is 1.23 bits per heavy atom. The number of amides is 2. The molecule has 2 aromatic rings. The van der Waals surface area contributed by atoms with E-state index in [0.717, 1.165) is 25.3 Å². The zero-order valence-electron chi connectivity index (χ0n) is 14.7. The first-order valence-corrected chi connectivity index (χ1v) is 9.01. The van der Waals surface area contributed by atoms with Crippen LogP contribution in [0.3, 0.4) is 0 Å². The van der Waals surface area contributed by atoms with Gasteiger partial charge >= 0.3 is 6.03 Å². The number of halogens is 2. The van der Waals surface area contributed by atoms with Crippen LogP contribution in [0.25, 0.3) is 0 Å². The number of urea groups is 1. The predicted molar refractivity (Wildman–Crippen MR) is 99.5 cm³/mol. The van der Waals surface area contributed by atoms with E-state index in [0.29, 0.717) is 23.7 Å². The zero-order valence-corrected chi connectivity index (χ0v) is 15.5. The van der Waals surface area contributed by atoms with Crippen molar-refractivity contribution < 1.29 is 9.18 Å².